The zero-order valence-corrected chi connectivity index (χ0v) is 12.5. The lowest BCUT2D eigenvalue weighted by atomic mass is 10.1. The SMILES string of the molecule is CCCNC(c1csc(C)n1)c1cc2ccccc2o1. The van der Waals surface area contributed by atoms with Gasteiger partial charge in [-0.2, -0.15) is 0 Å². The number of benzene rings is 1. The van der Waals surface area contributed by atoms with E-state index in [1.54, 1.807) is 11.3 Å². The van der Waals surface area contributed by atoms with Crippen molar-refractivity contribution in [2.75, 3.05) is 6.54 Å². The maximum atomic E-state index is 5.99. The molecule has 2 aromatic heterocycles. The van der Waals surface area contributed by atoms with E-state index >= 15 is 0 Å². The number of furan rings is 1. The fraction of sp³-hybridized carbons (Fsp3) is 0.312. The van der Waals surface area contributed by atoms with Crippen LogP contribution in [0.1, 0.15) is 35.8 Å². The number of hydrogen-bond donors (Lipinski definition) is 1. The van der Waals surface area contributed by atoms with Crippen LogP contribution < -0.4 is 5.32 Å². The fourth-order valence-corrected chi connectivity index (χ4v) is 2.94. The lowest BCUT2D eigenvalue weighted by molar-refractivity contribution is 0.464. The minimum Gasteiger partial charge on any atom is -0.459 e. The highest BCUT2D eigenvalue weighted by atomic mass is 32.1. The molecule has 0 aliphatic rings. The van der Waals surface area contributed by atoms with E-state index in [1.807, 2.05) is 25.1 Å². The second-order valence-corrected chi connectivity index (χ2v) is 5.93. The van der Waals surface area contributed by atoms with Crippen LogP contribution in [0, 0.1) is 6.92 Å². The molecule has 104 valence electrons. The molecule has 0 spiro atoms. The molecule has 4 heteroatoms. The zero-order chi connectivity index (χ0) is 13.9. The Morgan fingerprint density at radius 1 is 1.35 bits per heavy atom. The first-order valence-electron chi connectivity index (χ1n) is 6.92. The summed E-state index contributed by atoms with van der Waals surface area (Å²) in [6.45, 7) is 5.14. The number of para-hydroxylation sites is 1. The molecule has 20 heavy (non-hydrogen) atoms. The van der Waals surface area contributed by atoms with Crippen LogP contribution in [0.2, 0.25) is 0 Å². The molecule has 1 unspecified atom stereocenters. The smallest absolute Gasteiger partial charge is 0.134 e. The summed E-state index contributed by atoms with van der Waals surface area (Å²) in [5.74, 6) is 0.935. The van der Waals surface area contributed by atoms with Crippen molar-refractivity contribution in [3.63, 3.8) is 0 Å². The fourth-order valence-electron chi connectivity index (χ4n) is 2.30. The third kappa shape index (κ3) is 2.62. The van der Waals surface area contributed by atoms with Gasteiger partial charge < -0.3 is 9.73 Å². The molecule has 0 aliphatic heterocycles. The third-order valence-electron chi connectivity index (χ3n) is 3.26. The van der Waals surface area contributed by atoms with Crippen molar-refractivity contribution in [2.24, 2.45) is 0 Å². The Morgan fingerprint density at radius 2 is 2.20 bits per heavy atom. The first-order valence-corrected chi connectivity index (χ1v) is 7.80. The quantitative estimate of drug-likeness (QED) is 0.760. The molecule has 0 saturated carbocycles. The van der Waals surface area contributed by atoms with Crippen LogP contribution >= 0.6 is 11.3 Å². The van der Waals surface area contributed by atoms with Crippen LogP contribution in [0.15, 0.2) is 40.1 Å². The molecule has 1 atom stereocenters. The van der Waals surface area contributed by atoms with Gasteiger partial charge in [-0.05, 0) is 32.0 Å². The Morgan fingerprint density at radius 3 is 2.90 bits per heavy atom. The van der Waals surface area contributed by atoms with Crippen molar-refractivity contribution in [3.05, 3.63) is 52.2 Å². The van der Waals surface area contributed by atoms with Gasteiger partial charge in [-0.15, -0.1) is 11.3 Å². The van der Waals surface area contributed by atoms with Gasteiger partial charge in [0.2, 0.25) is 0 Å². The molecule has 3 rings (SSSR count). The summed E-state index contributed by atoms with van der Waals surface area (Å²) in [6, 6.07) is 10.2. The van der Waals surface area contributed by atoms with Crippen molar-refractivity contribution in [1.82, 2.24) is 10.3 Å². The van der Waals surface area contributed by atoms with E-state index in [0.29, 0.717) is 0 Å². The van der Waals surface area contributed by atoms with E-state index in [4.69, 9.17) is 4.42 Å². The normalized spacial score (nSPS) is 12.9. The Balaban J connectivity index is 1.99. The van der Waals surface area contributed by atoms with E-state index in [1.165, 1.54) is 0 Å². The number of nitrogens with zero attached hydrogens (tertiary/aromatic N) is 1. The van der Waals surface area contributed by atoms with Gasteiger partial charge in [0.1, 0.15) is 17.4 Å². The summed E-state index contributed by atoms with van der Waals surface area (Å²) in [5.41, 5.74) is 1.97. The van der Waals surface area contributed by atoms with Crippen molar-refractivity contribution >= 4 is 22.3 Å². The Kier molecular flexibility index (Phi) is 3.85. The molecular weight excluding hydrogens is 268 g/mol. The van der Waals surface area contributed by atoms with Crippen molar-refractivity contribution in [2.45, 2.75) is 26.3 Å². The van der Waals surface area contributed by atoms with E-state index in [2.05, 4.69) is 34.7 Å². The maximum Gasteiger partial charge on any atom is 0.134 e. The van der Waals surface area contributed by atoms with Crippen LogP contribution in [0.5, 0.6) is 0 Å². The van der Waals surface area contributed by atoms with Gasteiger partial charge >= 0.3 is 0 Å². The van der Waals surface area contributed by atoms with Crippen molar-refractivity contribution in [1.29, 1.82) is 0 Å². The topological polar surface area (TPSA) is 38.1 Å². The Bertz CT molecular complexity index is 668. The van der Waals surface area contributed by atoms with Gasteiger partial charge in [-0.1, -0.05) is 25.1 Å². The van der Waals surface area contributed by atoms with Crippen LogP contribution in [-0.2, 0) is 0 Å². The summed E-state index contributed by atoms with van der Waals surface area (Å²) in [6.07, 6.45) is 1.08. The predicted octanol–water partition coefficient (Wildman–Crippen LogP) is 4.29. The number of thiazole rings is 1. The second-order valence-electron chi connectivity index (χ2n) is 4.87. The average Bonchev–Trinajstić information content (AvgIpc) is 3.05. The van der Waals surface area contributed by atoms with Crippen LogP contribution in [0.4, 0.5) is 0 Å². The van der Waals surface area contributed by atoms with Gasteiger partial charge in [0.25, 0.3) is 0 Å². The van der Waals surface area contributed by atoms with Crippen LogP contribution in [0.25, 0.3) is 11.0 Å². The molecule has 0 amide bonds. The minimum absolute atomic E-state index is 0.0345. The number of rotatable bonds is 5. The van der Waals surface area contributed by atoms with E-state index in [-0.39, 0.29) is 6.04 Å². The summed E-state index contributed by atoms with van der Waals surface area (Å²) < 4.78 is 5.99. The second kappa shape index (κ2) is 5.77. The predicted molar refractivity (Wildman–Crippen MR) is 83.2 cm³/mol. The third-order valence-corrected chi connectivity index (χ3v) is 4.05. The number of hydrogen-bond acceptors (Lipinski definition) is 4. The lowest BCUT2D eigenvalue weighted by Gasteiger charge is -2.13. The summed E-state index contributed by atoms with van der Waals surface area (Å²) in [5, 5.41) is 7.85. The van der Waals surface area contributed by atoms with Gasteiger partial charge in [0, 0.05) is 10.8 Å². The van der Waals surface area contributed by atoms with Gasteiger partial charge in [-0.25, -0.2) is 4.98 Å². The van der Waals surface area contributed by atoms with Crippen LogP contribution in [-0.4, -0.2) is 11.5 Å². The first kappa shape index (κ1) is 13.3. The van der Waals surface area contributed by atoms with Crippen LogP contribution in [0.3, 0.4) is 0 Å². The summed E-state index contributed by atoms with van der Waals surface area (Å²) >= 11 is 1.67. The number of aryl methyl sites for hydroxylation is 1. The first-order chi connectivity index (χ1) is 9.78. The molecule has 0 radical (unpaired) electrons. The molecule has 0 bridgehead atoms. The lowest BCUT2D eigenvalue weighted by Crippen LogP contribution is -2.23. The van der Waals surface area contributed by atoms with Gasteiger partial charge in [0.15, 0.2) is 0 Å². The van der Waals surface area contributed by atoms with E-state index in [0.717, 1.165) is 40.4 Å². The number of aromatic nitrogens is 1. The van der Waals surface area contributed by atoms with E-state index < -0.39 is 0 Å². The monoisotopic (exact) mass is 286 g/mol. The summed E-state index contributed by atoms with van der Waals surface area (Å²) in [4.78, 5) is 4.61. The zero-order valence-electron chi connectivity index (χ0n) is 11.7. The van der Waals surface area contributed by atoms with Crippen molar-refractivity contribution < 1.29 is 4.42 Å². The Labute approximate surface area is 122 Å². The van der Waals surface area contributed by atoms with E-state index in [9.17, 15) is 0 Å². The highest BCUT2D eigenvalue weighted by molar-refractivity contribution is 7.09. The molecule has 0 fully saturated rings. The number of nitrogens with one attached hydrogen (secondary N) is 1. The minimum atomic E-state index is 0.0345. The molecule has 3 aromatic rings. The number of fused-ring (bicyclic) bond motifs is 1. The van der Waals surface area contributed by atoms with Crippen molar-refractivity contribution in [3.8, 4) is 0 Å². The molecule has 0 saturated heterocycles. The molecular formula is C16H18N2OS. The maximum absolute atomic E-state index is 5.99. The largest absolute Gasteiger partial charge is 0.459 e. The average molecular weight is 286 g/mol. The standard InChI is InChI=1S/C16H18N2OS/c1-3-8-17-16(13-10-20-11(2)18-13)15-9-12-6-4-5-7-14(12)19-15/h4-7,9-10,16-17H,3,8H2,1-2H3. The molecule has 0 aliphatic carbocycles. The highest BCUT2D eigenvalue weighted by Crippen LogP contribution is 2.28. The Hall–Kier alpha value is -1.65. The summed E-state index contributed by atoms with van der Waals surface area (Å²) in [7, 11) is 0. The molecule has 1 N–H and O–H groups in total. The molecule has 3 nitrogen and oxygen atoms in total. The highest BCUT2D eigenvalue weighted by Gasteiger charge is 2.20. The molecule has 2 heterocycles. The van der Waals surface area contributed by atoms with Gasteiger partial charge in [0.05, 0.1) is 10.7 Å². The molecule has 1 aromatic carbocycles. The van der Waals surface area contributed by atoms with Gasteiger partial charge in [-0.3, -0.25) is 0 Å².